The number of pyridine rings is 1. The van der Waals surface area contributed by atoms with Crippen molar-refractivity contribution in [2.45, 2.75) is 33.1 Å². The van der Waals surface area contributed by atoms with Crippen LogP contribution in [0.2, 0.25) is 0 Å². The quantitative estimate of drug-likeness (QED) is 0.889. The summed E-state index contributed by atoms with van der Waals surface area (Å²) in [5, 5.41) is 9.15. The minimum atomic E-state index is -0.872. The first-order chi connectivity index (χ1) is 8.60. The second-order valence-electron chi connectivity index (χ2n) is 5.10. The van der Waals surface area contributed by atoms with Crippen molar-refractivity contribution in [2.24, 2.45) is 5.92 Å². The van der Waals surface area contributed by atoms with Crippen LogP contribution in [0.25, 0.3) is 0 Å². The fraction of sp³-hybridized carbons (Fsp3) is 0.571. The Kier molecular flexibility index (Phi) is 3.84. The van der Waals surface area contributed by atoms with Crippen molar-refractivity contribution in [3.05, 3.63) is 23.4 Å². The predicted octanol–water partition coefficient (Wildman–Crippen LogP) is 2.58. The second kappa shape index (κ2) is 5.38. The molecule has 98 valence electrons. The van der Waals surface area contributed by atoms with E-state index in [0.717, 1.165) is 43.9 Å². The summed E-state index contributed by atoms with van der Waals surface area (Å²) in [4.78, 5) is 17.9. The molecule has 1 saturated heterocycles. The predicted molar refractivity (Wildman–Crippen MR) is 71.2 cm³/mol. The van der Waals surface area contributed by atoms with Crippen molar-refractivity contribution in [3.8, 4) is 0 Å². The molecule has 0 aromatic carbocycles. The molecule has 18 heavy (non-hydrogen) atoms. The molecule has 1 aliphatic rings. The van der Waals surface area contributed by atoms with Gasteiger partial charge >= 0.3 is 5.97 Å². The number of anilines is 1. The lowest BCUT2D eigenvalue weighted by Crippen LogP contribution is -2.21. The lowest BCUT2D eigenvalue weighted by atomic mass is 10.1. The maximum atomic E-state index is 11.1. The second-order valence-corrected chi connectivity index (χ2v) is 5.10. The van der Waals surface area contributed by atoms with E-state index in [2.05, 4.69) is 23.7 Å². The number of carbonyl (C=O) groups is 1. The molecule has 0 spiro atoms. The maximum absolute atomic E-state index is 11.1. The van der Waals surface area contributed by atoms with Gasteiger partial charge in [0.05, 0.1) is 5.56 Å². The molecule has 1 unspecified atom stereocenters. The number of rotatable bonds is 4. The molecule has 1 fully saturated rings. The molecular weight excluding hydrogens is 228 g/mol. The highest BCUT2D eigenvalue weighted by atomic mass is 16.4. The summed E-state index contributed by atoms with van der Waals surface area (Å²) in [5.41, 5.74) is 1.23. The number of carboxylic acid groups (broad SMARTS) is 1. The van der Waals surface area contributed by atoms with Crippen LogP contribution in [0.3, 0.4) is 0 Å². The smallest absolute Gasteiger partial charge is 0.335 e. The van der Waals surface area contributed by atoms with E-state index in [1.54, 1.807) is 12.1 Å². The monoisotopic (exact) mass is 248 g/mol. The summed E-state index contributed by atoms with van der Waals surface area (Å²) in [7, 11) is 0. The zero-order valence-corrected chi connectivity index (χ0v) is 11.0. The summed E-state index contributed by atoms with van der Waals surface area (Å²) in [6.07, 6.45) is 2.96. The molecule has 2 heterocycles. The number of carboxylic acids is 1. The fourth-order valence-corrected chi connectivity index (χ4v) is 2.38. The summed E-state index contributed by atoms with van der Waals surface area (Å²) in [5.74, 6) is 0.612. The van der Waals surface area contributed by atoms with Gasteiger partial charge in [-0.1, -0.05) is 20.3 Å². The molecule has 1 N–H and O–H groups in total. The van der Waals surface area contributed by atoms with Crippen molar-refractivity contribution in [2.75, 3.05) is 18.0 Å². The first kappa shape index (κ1) is 12.9. The van der Waals surface area contributed by atoms with Crippen LogP contribution in [-0.4, -0.2) is 29.1 Å². The minimum Gasteiger partial charge on any atom is -0.478 e. The Balaban J connectivity index is 2.30. The van der Waals surface area contributed by atoms with Gasteiger partial charge in [0.15, 0.2) is 0 Å². The van der Waals surface area contributed by atoms with Crippen LogP contribution >= 0.6 is 0 Å². The van der Waals surface area contributed by atoms with Crippen molar-refractivity contribution in [1.29, 1.82) is 0 Å². The molecule has 1 aliphatic heterocycles. The van der Waals surface area contributed by atoms with Gasteiger partial charge in [0.2, 0.25) is 0 Å². The van der Waals surface area contributed by atoms with Crippen LogP contribution in [0.5, 0.6) is 0 Å². The van der Waals surface area contributed by atoms with Gasteiger partial charge in [0.1, 0.15) is 5.82 Å². The third kappa shape index (κ3) is 2.81. The Morgan fingerprint density at radius 1 is 1.56 bits per heavy atom. The van der Waals surface area contributed by atoms with E-state index < -0.39 is 5.97 Å². The van der Waals surface area contributed by atoms with E-state index >= 15 is 0 Å². The first-order valence-corrected chi connectivity index (χ1v) is 6.59. The van der Waals surface area contributed by atoms with Crippen molar-refractivity contribution in [1.82, 2.24) is 4.98 Å². The van der Waals surface area contributed by atoms with Gasteiger partial charge in [-0.15, -0.1) is 0 Å². The zero-order chi connectivity index (χ0) is 13.1. The summed E-state index contributed by atoms with van der Waals surface area (Å²) >= 11 is 0. The molecular formula is C14H20N2O2. The number of aryl methyl sites for hydroxylation is 1. The van der Waals surface area contributed by atoms with Gasteiger partial charge in [0, 0.05) is 18.8 Å². The Morgan fingerprint density at radius 3 is 2.89 bits per heavy atom. The van der Waals surface area contributed by atoms with Gasteiger partial charge in [-0.25, -0.2) is 9.78 Å². The number of hydrogen-bond acceptors (Lipinski definition) is 3. The van der Waals surface area contributed by atoms with E-state index in [-0.39, 0.29) is 0 Å². The fourth-order valence-electron chi connectivity index (χ4n) is 2.38. The molecule has 0 amide bonds. The number of hydrogen-bond donors (Lipinski definition) is 1. The summed E-state index contributed by atoms with van der Waals surface area (Å²) in [6, 6.07) is 3.38. The van der Waals surface area contributed by atoms with Crippen LogP contribution in [0.15, 0.2) is 12.1 Å². The highest BCUT2D eigenvalue weighted by Gasteiger charge is 2.21. The van der Waals surface area contributed by atoms with Crippen LogP contribution in [0, 0.1) is 5.92 Å². The van der Waals surface area contributed by atoms with Crippen molar-refractivity contribution < 1.29 is 9.90 Å². The minimum absolute atomic E-state index is 0.350. The average molecular weight is 248 g/mol. The number of aromatic nitrogens is 1. The molecule has 0 radical (unpaired) electrons. The van der Waals surface area contributed by atoms with E-state index in [1.165, 1.54) is 0 Å². The van der Waals surface area contributed by atoms with Gasteiger partial charge < -0.3 is 10.0 Å². The number of nitrogens with zero attached hydrogens (tertiary/aromatic N) is 2. The Labute approximate surface area is 108 Å². The largest absolute Gasteiger partial charge is 0.478 e. The topological polar surface area (TPSA) is 53.4 Å². The maximum Gasteiger partial charge on any atom is 0.335 e. The number of aromatic carboxylic acids is 1. The molecule has 2 rings (SSSR count). The molecule has 1 atom stereocenters. The van der Waals surface area contributed by atoms with Gasteiger partial charge in [-0.3, -0.25) is 0 Å². The highest BCUT2D eigenvalue weighted by molar-refractivity contribution is 5.88. The first-order valence-electron chi connectivity index (χ1n) is 6.59. The Hall–Kier alpha value is -1.58. The van der Waals surface area contributed by atoms with Crippen molar-refractivity contribution in [3.63, 3.8) is 0 Å². The molecule has 4 nitrogen and oxygen atoms in total. The van der Waals surface area contributed by atoms with Crippen LogP contribution in [0.4, 0.5) is 5.82 Å². The van der Waals surface area contributed by atoms with Gasteiger partial charge in [0.25, 0.3) is 0 Å². The molecule has 0 bridgehead atoms. The average Bonchev–Trinajstić information content (AvgIpc) is 2.76. The normalized spacial score (nSPS) is 19.2. The molecule has 0 aliphatic carbocycles. The molecule has 0 saturated carbocycles. The van der Waals surface area contributed by atoms with Gasteiger partial charge in [-0.05, 0) is 30.9 Å². The summed E-state index contributed by atoms with van der Waals surface area (Å²) in [6.45, 7) is 6.24. The lowest BCUT2D eigenvalue weighted by molar-refractivity contribution is 0.0696. The van der Waals surface area contributed by atoms with E-state index in [9.17, 15) is 4.79 Å². The zero-order valence-electron chi connectivity index (χ0n) is 11.0. The van der Waals surface area contributed by atoms with E-state index in [1.807, 2.05) is 0 Å². The standard InChI is InChI=1S/C14H20N2O2/c1-3-4-12-7-11(14(17)18)8-13(15-12)16-6-5-10(2)9-16/h7-8,10H,3-6,9H2,1-2H3,(H,17,18). The Bertz CT molecular complexity index is 445. The lowest BCUT2D eigenvalue weighted by Gasteiger charge is -2.18. The Morgan fingerprint density at radius 2 is 2.33 bits per heavy atom. The third-order valence-electron chi connectivity index (χ3n) is 3.37. The van der Waals surface area contributed by atoms with E-state index in [4.69, 9.17) is 5.11 Å². The summed E-state index contributed by atoms with van der Waals surface area (Å²) < 4.78 is 0. The molecule has 4 heteroatoms. The molecule has 1 aromatic rings. The molecule has 1 aromatic heterocycles. The van der Waals surface area contributed by atoms with Crippen molar-refractivity contribution >= 4 is 11.8 Å². The van der Waals surface area contributed by atoms with Crippen LogP contribution < -0.4 is 4.90 Å². The highest BCUT2D eigenvalue weighted by Crippen LogP contribution is 2.23. The van der Waals surface area contributed by atoms with Crippen LogP contribution in [-0.2, 0) is 6.42 Å². The van der Waals surface area contributed by atoms with E-state index in [0.29, 0.717) is 11.5 Å². The third-order valence-corrected chi connectivity index (χ3v) is 3.37. The van der Waals surface area contributed by atoms with Gasteiger partial charge in [-0.2, -0.15) is 0 Å². The SMILES string of the molecule is CCCc1cc(C(=O)O)cc(N2CCC(C)C2)n1. The van der Waals surface area contributed by atoms with Crippen LogP contribution in [0.1, 0.15) is 42.7 Å².